The van der Waals surface area contributed by atoms with Crippen molar-refractivity contribution in [2.24, 2.45) is 0 Å². The van der Waals surface area contributed by atoms with Gasteiger partial charge >= 0.3 is 0 Å². The first kappa shape index (κ1) is 19.8. The third-order valence-electron chi connectivity index (χ3n) is 5.56. The van der Waals surface area contributed by atoms with Crippen LogP contribution in [0.2, 0.25) is 0 Å². The van der Waals surface area contributed by atoms with E-state index in [1.165, 1.54) is 0 Å². The Morgan fingerprint density at radius 3 is 2.83 bits per heavy atom. The number of hydrogen-bond acceptors (Lipinski definition) is 4. The number of amides is 1. The predicted octanol–water partition coefficient (Wildman–Crippen LogP) is 4.26. The van der Waals surface area contributed by atoms with Gasteiger partial charge in [0.25, 0.3) is 0 Å². The van der Waals surface area contributed by atoms with Crippen LogP contribution in [0.1, 0.15) is 51.9 Å². The second-order valence-electron chi connectivity index (χ2n) is 8.88. The summed E-state index contributed by atoms with van der Waals surface area (Å²) in [6, 6.07) is 8.43. The summed E-state index contributed by atoms with van der Waals surface area (Å²) < 4.78 is 8.07. The average Bonchev–Trinajstić information content (AvgIpc) is 3.03. The highest BCUT2D eigenvalue weighted by Crippen LogP contribution is 2.31. The van der Waals surface area contributed by atoms with Crippen molar-refractivity contribution < 1.29 is 9.53 Å². The quantitative estimate of drug-likeness (QED) is 0.663. The maximum Gasteiger partial charge on any atom is 0.224 e. The van der Waals surface area contributed by atoms with Crippen LogP contribution in [-0.2, 0) is 9.53 Å². The van der Waals surface area contributed by atoms with Gasteiger partial charge in [0.15, 0.2) is 0 Å². The second kappa shape index (κ2) is 7.75. The second-order valence-corrected chi connectivity index (χ2v) is 8.88. The van der Waals surface area contributed by atoms with E-state index in [2.05, 4.69) is 15.6 Å². The minimum atomic E-state index is -0.216. The number of benzene rings is 1. The molecule has 0 saturated carbocycles. The number of ether oxygens (including phenoxy) is 1. The fraction of sp³-hybridized carbons (Fsp3) is 0.522. The summed E-state index contributed by atoms with van der Waals surface area (Å²) in [5, 5.41) is 1.12. The molecule has 154 valence electrons. The molecule has 0 N–H and O–H groups in total. The molecular weight excluding hydrogens is 364 g/mol. The standard InChI is InChI=1S/C23H30N4O2/c1-16-25-20-14-24-19-10-6-5-9-18(19)22(20)27(16)17-8-7-12-26(15-17)21(28)11-13-29-23(2,3)4/h5-6,9-10,14,17H,7-8,11-13,15H2,1-4H3. The zero-order chi connectivity index (χ0) is 20.6. The van der Waals surface area contributed by atoms with Crippen molar-refractivity contribution in [1.29, 1.82) is 0 Å². The van der Waals surface area contributed by atoms with Gasteiger partial charge in [0.05, 0.1) is 41.9 Å². The molecule has 1 unspecified atom stereocenters. The molecule has 0 aliphatic carbocycles. The fourth-order valence-corrected chi connectivity index (χ4v) is 4.28. The minimum Gasteiger partial charge on any atom is -0.375 e. The number of pyridine rings is 1. The van der Waals surface area contributed by atoms with Crippen LogP contribution in [0.25, 0.3) is 21.9 Å². The third-order valence-corrected chi connectivity index (χ3v) is 5.56. The molecular formula is C23H30N4O2. The van der Waals surface area contributed by atoms with Crippen molar-refractivity contribution in [3.63, 3.8) is 0 Å². The number of hydrogen-bond donors (Lipinski definition) is 0. The van der Waals surface area contributed by atoms with Crippen LogP contribution in [0.5, 0.6) is 0 Å². The Morgan fingerprint density at radius 2 is 2.03 bits per heavy atom. The number of carbonyl (C=O) groups excluding carboxylic acids is 1. The Labute approximate surface area is 171 Å². The van der Waals surface area contributed by atoms with Crippen LogP contribution in [0.15, 0.2) is 30.5 Å². The lowest BCUT2D eigenvalue weighted by atomic mass is 10.0. The molecule has 3 heterocycles. The minimum absolute atomic E-state index is 0.174. The highest BCUT2D eigenvalue weighted by Gasteiger charge is 2.27. The molecule has 1 fully saturated rings. The van der Waals surface area contributed by atoms with E-state index in [-0.39, 0.29) is 17.6 Å². The van der Waals surface area contributed by atoms with Gasteiger partial charge in [-0.05, 0) is 46.6 Å². The topological polar surface area (TPSA) is 60.2 Å². The third kappa shape index (κ3) is 4.13. The van der Waals surface area contributed by atoms with Crippen LogP contribution in [0, 0.1) is 6.92 Å². The Hall–Kier alpha value is -2.47. The van der Waals surface area contributed by atoms with E-state index >= 15 is 0 Å². The molecule has 1 amide bonds. The van der Waals surface area contributed by atoms with Gasteiger partial charge in [-0.3, -0.25) is 9.78 Å². The first-order valence-corrected chi connectivity index (χ1v) is 10.5. The lowest BCUT2D eigenvalue weighted by Gasteiger charge is -2.34. The summed E-state index contributed by atoms with van der Waals surface area (Å²) in [7, 11) is 0. The summed E-state index contributed by atoms with van der Waals surface area (Å²) in [4.78, 5) is 24.1. The number of aryl methyl sites for hydroxylation is 1. The molecule has 4 rings (SSSR count). The molecule has 1 atom stereocenters. The number of fused-ring (bicyclic) bond motifs is 3. The summed E-state index contributed by atoms with van der Waals surface area (Å²) in [5.74, 6) is 1.15. The van der Waals surface area contributed by atoms with Crippen LogP contribution in [0.4, 0.5) is 0 Å². The molecule has 29 heavy (non-hydrogen) atoms. The van der Waals surface area contributed by atoms with E-state index < -0.39 is 0 Å². The van der Waals surface area contributed by atoms with Crippen molar-refractivity contribution in [1.82, 2.24) is 19.4 Å². The molecule has 0 bridgehead atoms. The van der Waals surface area contributed by atoms with Crippen LogP contribution >= 0.6 is 0 Å². The summed E-state index contributed by atoms with van der Waals surface area (Å²) in [6.07, 6.45) is 4.33. The first-order valence-electron chi connectivity index (χ1n) is 10.5. The van der Waals surface area contributed by atoms with Crippen molar-refractivity contribution in [3.05, 3.63) is 36.3 Å². The predicted molar refractivity (Wildman–Crippen MR) is 115 cm³/mol. The summed E-state index contributed by atoms with van der Waals surface area (Å²) in [6.45, 7) is 10.1. The number of rotatable bonds is 4. The van der Waals surface area contributed by atoms with Gasteiger partial charge in [-0.2, -0.15) is 0 Å². The van der Waals surface area contributed by atoms with Crippen LogP contribution in [-0.4, -0.2) is 50.6 Å². The van der Waals surface area contributed by atoms with E-state index in [9.17, 15) is 4.79 Å². The molecule has 1 saturated heterocycles. The van der Waals surface area contributed by atoms with Crippen molar-refractivity contribution >= 4 is 27.8 Å². The Balaban J connectivity index is 1.58. The maximum absolute atomic E-state index is 12.8. The fourth-order valence-electron chi connectivity index (χ4n) is 4.28. The number of para-hydroxylation sites is 1. The molecule has 1 aliphatic rings. The molecule has 0 spiro atoms. The zero-order valence-corrected chi connectivity index (χ0v) is 17.8. The molecule has 2 aromatic heterocycles. The maximum atomic E-state index is 12.8. The molecule has 3 aromatic rings. The Kier molecular flexibility index (Phi) is 5.30. The highest BCUT2D eigenvalue weighted by molar-refractivity contribution is 6.02. The number of aromatic nitrogens is 3. The molecule has 6 nitrogen and oxygen atoms in total. The van der Waals surface area contributed by atoms with Gasteiger partial charge in [-0.1, -0.05) is 18.2 Å². The van der Waals surface area contributed by atoms with Crippen LogP contribution < -0.4 is 0 Å². The number of piperidine rings is 1. The number of carbonyl (C=O) groups is 1. The lowest BCUT2D eigenvalue weighted by molar-refractivity contribution is -0.135. The van der Waals surface area contributed by atoms with E-state index in [0.29, 0.717) is 13.0 Å². The largest absolute Gasteiger partial charge is 0.375 e. The SMILES string of the molecule is Cc1nc2cnc3ccccc3c2n1C1CCCN(C(=O)CCOC(C)(C)C)C1. The van der Waals surface area contributed by atoms with E-state index in [0.717, 1.165) is 53.7 Å². The molecule has 0 radical (unpaired) electrons. The Bertz CT molecular complexity index is 1030. The first-order chi connectivity index (χ1) is 13.8. The number of nitrogens with zero attached hydrogens (tertiary/aromatic N) is 4. The van der Waals surface area contributed by atoms with E-state index in [1.807, 2.05) is 57.0 Å². The van der Waals surface area contributed by atoms with Gasteiger partial charge in [-0.15, -0.1) is 0 Å². The summed E-state index contributed by atoms with van der Waals surface area (Å²) in [5.41, 5.74) is 2.81. The zero-order valence-electron chi connectivity index (χ0n) is 17.8. The molecule has 1 aliphatic heterocycles. The number of imidazole rings is 1. The van der Waals surface area contributed by atoms with Crippen molar-refractivity contribution in [3.8, 4) is 0 Å². The average molecular weight is 395 g/mol. The normalized spacial score (nSPS) is 17.9. The van der Waals surface area contributed by atoms with Gasteiger partial charge < -0.3 is 14.2 Å². The highest BCUT2D eigenvalue weighted by atomic mass is 16.5. The lowest BCUT2D eigenvalue weighted by Crippen LogP contribution is -2.41. The van der Waals surface area contributed by atoms with Crippen molar-refractivity contribution in [2.75, 3.05) is 19.7 Å². The van der Waals surface area contributed by atoms with E-state index in [4.69, 9.17) is 9.72 Å². The van der Waals surface area contributed by atoms with Gasteiger partial charge in [-0.25, -0.2) is 4.98 Å². The monoisotopic (exact) mass is 394 g/mol. The number of likely N-dealkylation sites (tertiary alicyclic amines) is 1. The van der Waals surface area contributed by atoms with Crippen molar-refractivity contribution in [2.45, 2.75) is 58.6 Å². The smallest absolute Gasteiger partial charge is 0.224 e. The van der Waals surface area contributed by atoms with Gasteiger partial charge in [0.2, 0.25) is 5.91 Å². The van der Waals surface area contributed by atoms with Gasteiger partial charge in [0, 0.05) is 18.5 Å². The van der Waals surface area contributed by atoms with Crippen LogP contribution in [0.3, 0.4) is 0 Å². The van der Waals surface area contributed by atoms with E-state index in [1.54, 1.807) is 0 Å². The Morgan fingerprint density at radius 1 is 1.24 bits per heavy atom. The summed E-state index contributed by atoms with van der Waals surface area (Å²) >= 11 is 0. The molecule has 6 heteroatoms. The molecule has 1 aromatic carbocycles. The van der Waals surface area contributed by atoms with Gasteiger partial charge in [0.1, 0.15) is 11.3 Å².